The Labute approximate surface area is 206 Å². The van der Waals surface area contributed by atoms with Gasteiger partial charge in [-0.3, -0.25) is 14.7 Å². The highest BCUT2D eigenvalue weighted by molar-refractivity contribution is 5.78. The summed E-state index contributed by atoms with van der Waals surface area (Å²) < 4.78 is 1.95. The van der Waals surface area contributed by atoms with Crippen LogP contribution in [0.1, 0.15) is 70.3 Å². The van der Waals surface area contributed by atoms with Gasteiger partial charge >= 0.3 is 0 Å². The smallest absolute Gasteiger partial charge is 0.236 e. The highest BCUT2D eigenvalue weighted by Crippen LogP contribution is 2.21. The van der Waals surface area contributed by atoms with Crippen molar-refractivity contribution in [1.82, 2.24) is 29.5 Å². The van der Waals surface area contributed by atoms with Crippen LogP contribution in [0.25, 0.3) is 5.69 Å². The lowest BCUT2D eigenvalue weighted by Crippen LogP contribution is -2.49. The first-order valence-electron chi connectivity index (χ1n) is 13.3. The van der Waals surface area contributed by atoms with Crippen molar-refractivity contribution in [3.8, 4) is 5.69 Å². The van der Waals surface area contributed by atoms with Crippen molar-refractivity contribution in [2.75, 3.05) is 39.3 Å². The van der Waals surface area contributed by atoms with E-state index in [1.807, 2.05) is 43.8 Å². The van der Waals surface area contributed by atoms with Crippen LogP contribution >= 0.6 is 0 Å². The number of amides is 1. The number of pyridine rings is 1. The van der Waals surface area contributed by atoms with Gasteiger partial charge in [-0.25, -0.2) is 4.68 Å². The molecule has 0 saturated carbocycles. The second-order valence-corrected chi connectivity index (χ2v) is 9.31. The van der Waals surface area contributed by atoms with Crippen LogP contribution in [0.2, 0.25) is 0 Å². The van der Waals surface area contributed by atoms with Gasteiger partial charge in [-0.05, 0) is 57.8 Å². The van der Waals surface area contributed by atoms with Crippen LogP contribution in [0.3, 0.4) is 0 Å². The van der Waals surface area contributed by atoms with Crippen molar-refractivity contribution in [3.63, 3.8) is 0 Å². The van der Waals surface area contributed by atoms with Gasteiger partial charge in [0.25, 0.3) is 0 Å². The van der Waals surface area contributed by atoms with Crippen molar-refractivity contribution < 1.29 is 4.79 Å². The molecule has 0 bridgehead atoms. The topological polar surface area (TPSA) is 57.5 Å². The van der Waals surface area contributed by atoms with Crippen LogP contribution in [-0.4, -0.2) is 80.7 Å². The minimum absolute atomic E-state index is 0.279. The highest BCUT2D eigenvalue weighted by atomic mass is 16.2. The number of hydrogen-bond acceptors (Lipinski definition) is 5. The van der Waals surface area contributed by atoms with E-state index in [4.69, 9.17) is 5.10 Å². The van der Waals surface area contributed by atoms with Gasteiger partial charge in [-0.1, -0.05) is 27.7 Å². The van der Waals surface area contributed by atoms with Gasteiger partial charge in [0.05, 0.1) is 17.9 Å². The zero-order valence-corrected chi connectivity index (χ0v) is 22.0. The molecule has 0 unspecified atom stereocenters. The molecular formula is C27H44N6O. The Bertz CT molecular complexity index is 896. The Morgan fingerprint density at radius 2 is 1.82 bits per heavy atom. The number of fused-ring (bicyclic) bond motifs is 1. The van der Waals surface area contributed by atoms with E-state index in [2.05, 4.69) is 39.7 Å². The normalized spacial score (nSPS) is 16.8. The number of aromatic nitrogens is 3. The molecule has 0 radical (unpaired) electrons. The first kappa shape index (κ1) is 26.4. The molecule has 2 aromatic heterocycles. The van der Waals surface area contributed by atoms with Gasteiger partial charge in [0.2, 0.25) is 5.91 Å². The van der Waals surface area contributed by atoms with Crippen molar-refractivity contribution in [1.29, 1.82) is 0 Å². The maximum atomic E-state index is 13.0. The molecule has 2 aliphatic heterocycles. The fourth-order valence-corrected chi connectivity index (χ4v) is 5.14. The monoisotopic (exact) mass is 468 g/mol. The number of aryl methyl sites for hydroxylation is 1. The summed E-state index contributed by atoms with van der Waals surface area (Å²) >= 11 is 0. The summed E-state index contributed by atoms with van der Waals surface area (Å²) in [6.07, 6.45) is 9.44. The first-order valence-corrected chi connectivity index (χ1v) is 13.3. The molecule has 0 atom stereocenters. The summed E-state index contributed by atoms with van der Waals surface area (Å²) in [5.74, 6) is 0.279. The van der Waals surface area contributed by atoms with Crippen LogP contribution in [0.5, 0.6) is 0 Å². The van der Waals surface area contributed by atoms with E-state index in [0.29, 0.717) is 12.6 Å². The van der Waals surface area contributed by atoms with Gasteiger partial charge in [0.15, 0.2) is 0 Å². The highest BCUT2D eigenvalue weighted by Gasteiger charge is 2.28. The Morgan fingerprint density at radius 3 is 2.47 bits per heavy atom. The number of carbonyl (C=O) groups excluding carboxylic acids is 1. The molecule has 1 amide bonds. The lowest BCUT2D eigenvalue weighted by atomic mass is 10.0. The molecule has 0 spiro atoms. The van der Waals surface area contributed by atoms with E-state index in [9.17, 15) is 4.79 Å². The summed E-state index contributed by atoms with van der Waals surface area (Å²) in [4.78, 5) is 24.3. The lowest BCUT2D eigenvalue weighted by molar-refractivity contribution is -0.134. The quantitative estimate of drug-likeness (QED) is 0.584. The summed E-state index contributed by atoms with van der Waals surface area (Å²) in [6, 6.07) is 4.67. The largest absolute Gasteiger partial charge is 0.341 e. The molecule has 2 aromatic rings. The van der Waals surface area contributed by atoms with E-state index >= 15 is 0 Å². The Morgan fingerprint density at radius 1 is 1.12 bits per heavy atom. The van der Waals surface area contributed by atoms with Gasteiger partial charge < -0.3 is 9.80 Å². The number of likely N-dealkylation sites (tertiary alicyclic amines) is 1. The molecule has 34 heavy (non-hydrogen) atoms. The summed E-state index contributed by atoms with van der Waals surface area (Å²) in [7, 11) is 0. The maximum Gasteiger partial charge on any atom is 0.236 e. The lowest BCUT2D eigenvalue weighted by Gasteiger charge is -2.39. The van der Waals surface area contributed by atoms with Crippen LogP contribution in [0.15, 0.2) is 24.5 Å². The molecule has 188 valence electrons. The molecule has 4 heterocycles. The van der Waals surface area contributed by atoms with Crippen molar-refractivity contribution in [2.45, 2.75) is 79.3 Å². The standard InChI is InChI=1S/C25H38N6O.C2H6/c1-4-11-29(12-5-2)22-7-14-30(15-8-22)25(32)19-28-13-9-24-21(17-28)18-31(27-24)23-6-10-26-20(3)16-23;1-2/h6,10,16,18,22H,4-5,7-9,11-15,17,19H2,1-3H3;1-2H3. The third-order valence-electron chi connectivity index (χ3n) is 6.79. The van der Waals surface area contributed by atoms with E-state index in [1.54, 1.807) is 0 Å². The van der Waals surface area contributed by atoms with Crippen LogP contribution in [0.4, 0.5) is 0 Å². The number of nitrogens with zero attached hydrogens (tertiary/aromatic N) is 6. The average Bonchev–Trinajstić information content (AvgIpc) is 3.29. The Hall–Kier alpha value is -2.25. The molecule has 2 aliphatic rings. The zero-order chi connectivity index (χ0) is 24.5. The number of hydrogen-bond donors (Lipinski definition) is 0. The van der Waals surface area contributed by atoms with Crippen LogP contribution in [-0.2, 0) is 17.8 Å². The fourth-order valence-electron chi connectivity index (χ4n) is 5.14. The Kier molecular flexibility index (Phi) is 10.1. The SMILES string of the molecule is CC.CCCN(CCC)C1CCN(C(=O)CN2CCc3nn(-c4ccnc(C)c4)cc3C2)CC1. The van der Waals surface area contributed by atoms with E-state index in [0.717, 1.165) is 62.5 Å². The second kappa shape index (κ2) is 13.0. The third kappa shape index (κ3) is 6.66. The van der Waals surface area contributed by atoms with Gasteiger partial charge in [-0.2, -0.15) is 5.10 Å². The van der Waals surface area contributed by atoms with E-state index < -0.39 is 0 Å². The summed E-state index contributed by atoms with van der Waals surface area (Å²) in [5, 5.41) is 4.78. The van der Waals surface area contributed by atoms with E-state index in [-0.39, 0.29) is 5.91 Å². The minimum Gasteiger partial charge on any atom is -0.341 e. The van der Waals surface area contributed by atoms with Crippen LogP contribution in [0, 0.1) is 6.92 Å². The average molecular weight is 469 g/mol. The summed E-state index contributed by atoms with van der Waals surface area (Å²) in [5.41, 5.74) is 4.40. The van der Waals surface area contributed by atoms with Crippen molar-refractivity contribution in [3.05, 3.63) is 41.5 Å². The van der Waals surface area contributed by atoms with E-state index in [1.165, 1.54) is 31.5 Å². The van der Waals surface area contributed by atoms with Crippen LogP contribution < -0.4 is 0 Å². The predicted molar refractivity (Wildman–Crippen MR) is 138 cm³/mol. The molecule has 0 N–H and O–H groups in total. The van der Waals surface area contributed by atoms with Gasteiger partial charge in [0, 0.05) is 62.3 Å². The first-order chi connectivity index (χ1) is 16.6. The van der Waals surface area contributed by atoms with Crippen molar-refractivity contribution >= 4 is 5.91 Å². The Balaban J connectivity index is 0.00000158. The summed E-state index contributed by atoms with van der Waals surface area (Å²) in [6.45, 7) is 16.8. The minimum atomic E-state index is 0.279. The molecule has 7 nitrogen and oxygen atoms in total. The van der Waals surface area contributed by atoms with Gasteiger partial charge in [-0.15, -0.1) is 0 Å². The molecule has 1 saturated heterocycles. The number of carbonyl (C=O) groups is 1. The number of rotatable bonds is 8. The maximum absolute atomic E-state index is 13.0. The second-order valence-electron chi connectivity index (χ2n) is 9.31. The predicted octanol–water partition coefficient (Wildman–Crippen LogP) is 4.07. The molecular weight excluding hydrogens is 424 g/mol. The molecule has 4 rings (SSSR count). The molecule has 0 aliphatic carbocycles. The third-order valence-corrected chi connectivity index (χ3v) is 6.79. The fraction of sp³-hybridized carbons (Fsp3) is 0.667. The number of piperidine rings is 1. The molecule has 1 fully saturated rings. The zero-order valence-electron chi connectivity index (χ0n) is 22.0. The molecule has 0 aromatic carbocycles. The van der Waals surface area contributed by atoms with Gasteiger partial charge in [0.1, 0.15) is 0 Å². The van der Waals surface area contributed by atoms with Crippen molar-refractivity contribution in [2.24, 2.45) is 0 Å². The molecule has 7 heteroatoms.